The molecule has 0 fully saturated rings. The van der Waals surface area contributed by atoms with E-state index in [4.69, 9.17) is 0 Å². The smallest absolute Gasteiger partial charge is 0.269 e. The van der Waals surface area contributed by atoms with Gasteiger partial charge in [0, 0.05) is 17.3 Å². The van der Waals surface area contributed by atoms with Crippen molar-refractivity contribution < 1.29 is 4.79 Å². The number of thiazole rings is 2. The molecule has 1 aliphatic rings. The van der Waals surface area contributed by atoms with E-state index in [1.807, 2.05) is 36.0 Å². The van der Waals surface area contributed by atoms with E-state index >= 15 is 0 Å². The van der Waals surface area contributed by atoms with Crippen molar-refractivity contribution >= 4 is 33.7 Å². The van der Waals surface area contributed by atoms with Crippen molar-refractivity contribution in [1.82, 2.24) is 14.5 Å². The number of anilines is 1. The highest BCUT2D eigenvalue weighted by Gasteiger charge is 2.20. The van der Waals surface area contributed by atoms with Crippen LogP contribution in [0.3, 0.4) is 0 Å². The van der Waals surface area contributed by atoms with Crippen LogP contribution >= 0.6 is 22.7 Å². The SMILES string of the molecule is Cc1nc(-n2cccc2)sc1C(=O)Nc1nc2c(s1)CCCC2. The van der Waals surface area contributed by atoms with Gasteiger partial charge in [-0.2, -0.15) is 0 Å². The number of carbonyl (C=O) groups excluding carboxylic acids is 1. The Morgan fingerprint density at radius 2 is 1.96 bits per heavy atom. The fourth-order valence-corrected chi connectivity index (χ4v) is 4.70. The van der Waals surface area contributed by atoms with Crippen molar-refractivity contribution in [1.29, 1.82) is 0 Å². The predicted octanol–water partition coefficient (Wildman–Crippen LogP) is 3.83. The topological polar surface area (TPSA) is 59.8 Å². The zero-order chi connectivity index (χ0) is 15.8. The Labute approximate surface area is 142 Å². The number of hydrogen-bond acceptors (Lipinski definition) is 5. The fraction of sp³-hybridized carbons (Fsp3) is 0.312. The van der Waals surface area contributed by atoms with E-state index in [0.29, 0.717) is 10.0 Å². The highest BCUT2D eigenvalue weighted by atomic mass is 32.1. The number of aromatic nitrogens is 3. The van der Waals surface area contributed by atoms with Gasteiger partial charge in [0.25, 0.3) is 5.91 Å². The van der Waals surface area contributed by atoms with Crippen molar-refractivity contribution in [2.75, 3.05) is 5.32 Å². The summed E-state index contributed by atoms with van der Waals surface area (Å²) in [5, 5.41) is 4.45. The van der Waals surface area contributed by atoms with Crippen LogP contribution in [-0.4, -0.2) is 20.4 Å². The number of rotatable bonds is 3. The molecule has 5 nitrogen and oxygen atoms in total. The van der Waals surface area contributed by atoms with Crippen LogP contribution < -0.4 is 5.32 Å². The van der Waals surface area contributed by atoms with E-state index in [2.05, 4.69) is 15.3 Å². The second-order valence-electron chi connectivity index (χ2n) is 5.55. The first-order valence-corrected chi connectivity index (χ1v) is 9.25. The molecule has 0 aromatic carbocycles. The monoisotopic (exact) mass is 344 g/mol. The molecule has 1 N–H and O–H groups in total. The maximum absolute atomic E-state index is 12.5. The lowest BCUT2D eigenvalue weighted by Crippen LogP contribution is -2.11. The van der Waals surface area contributed by atoms with E-state index in [1.54, 1.807) is 11.3 Å². The molecule has 118 valence electrons. The van der Waals surface area contributed by atoms with Crippen LogP contribution in [0.15, 0.2) is 24.5 Å². The first kappa shape index (κ1) is 14.6. The van der Waals surface area contributed by atoms with Gasteiger partial charge in [0.05, 0.1) is 11.4 Å². The molecule has 1 amide bonds. The second-order valence-corrected chi connectivity index (χ2v) is 7.61. The number of fused-ring (bicyclic) bond motifs is 1. The maximum atomic E-state index is 12.5. The summed E-state index contributed by atoms with van der Waals surface area (Å²) in [7, 11) is 0. The lowest BCUT2D eigenvalue weighted by atomic mass is 10.0. The normalized spacial score (nSPS) is 13.8. The van der Waals surface area contributed by atoms with Crippen LogP contribution in [0.25, 0.3) is 5.13 Å². The lowest BCUT2D eigenvalue weighted by molar-refractivity contribution is 0.103. The number of aryl methyl sites for hydroxylation is 3. The summed E-state index contributed by atoms with van der Waals surface area (Å²) in [5.74, 6) is -0.121. The molecule has 0 spiro atoms. The highest BCUT2D eigenvalue weighted by molar-refractivity contribution is 7.17. The van der Waals surface area contributed by atoms with E-state index in [-0.39, 0.29) is 5.91 Å². The van der Waals surface area contributed by atoms with Crippen molar-refractivity contribution in [3.8, 4) is 5.13 Å². The van der Waals surface area contributed by atoms with E-state index in [0.717, 1.165) is 29.4 Å². The molecule has 0 bridgehead atoms. The van der Waals surface area contributed by atoms with Crippen LogP contribution in [0, 0.1) is 6.92 Å². The molecule has 0 aliphatic heterocycles. The summed E-state index contributed by atoms with van der Waals surface area (Å²) in [5.41, 5.74) is 1.91. The zero-order valence-corrected chi connectivity index (χ0v) is 14.3. The molecular formula is C16H16N4OS2. The minimum Gasteiger partial charge on any atom is -0.300 e. The Kier molecular flexibility index (Phi) is 3.74. The molecule has 4 rings (SSSR count). The van der Waals surface area contributed by atoms with Crippen LogP contribution in [0.1, 0.15) is 38.8 Å². The van der Waals surface area contributed by atoms with Crippen molar-refractivity contribution in [2.45, 2.75) is 32.6 Å². The Balaban J connectivity index is 1.56. The standard InChI is InChI=1S/C16H16N4OS2/c1-10-13(23-16(17-10)20-8-4-5-9-20)14(21)19-15-18-11-6-2-3-7-12(11)22-15/h4-5,8-9H,2-3,6-7H2,1H3,(H,18,19,21). The van der Waals surface area contributed by atoms with E-state index in [9.17, 15) is 4.79 Å². The molecule has 0 atom stereocenters. The third kappa shape index (κ3) is 2.82. The van der Waals surface area contributed by atoms with Crippen LogP contribution in [0.2, 0.25) is 0 Å². The molecule has 0 radical (unpaired) electrons. The molecule has 0 saturated heterocycles. The summed E-state index contributed by atoms with van der Waals surface area (Å²) >= 11 is 3.00. The molecule has 0 saturated carbocycles. The van der Waals surface area contributed by atoms with Crippen LogP contribution in [0.4, 0.5) is 5.13 Å². The Hall–Kier alpha value is -1.99. The molecular weight excluding hydrogens is 328 g/mol. The lowest BCUT2D eigenvalue weighted by Gasteiger charge is -2.06. The minimum absolute atomic E-state index is 0.121. The van der Waals surface area contributed by atoms with Gasteiger partial charge < -0.3 is 4.57 Å². The largest absolute Gasteiger partial charge is 0.300 e. The third-order valence-electron chi connectivity index (χ3n) is 3.88. The molecule has 7 heteroatoms. The average molecular weight is 344 g/mol. The van der Waals surface area contributed by atoms with Crippen molar-refractivity contribution in [3.63, 3.8) is 0 Å². The average Bonchev–Trinajstić information content (AvgIpc) is 3.25. The summed E-state index contributed by atoms with van der Waals surface area (Å²) in [6.45, 7) is 1.87. The first-order chi connectivity index (χ1) is 11.2. The van der Waals surface area contributed by atoms with Gasteiger partial charge in [0.1, 0.15) is 4.88 Å². The number of hydrogen-bond donors (Lipinski definition) is 1. The third-order valence-corrected chi connectivity index (χ3v) is 6.13. The van der Waals surface area contributed by atoms with Gasteiger partial charge >= 0.3 is 0 Å². The van der Waals surface area contributed by atoms with Crippen molar-refractivity contribution in [2.24, 2.45) is 0 Å². The fourth-order valence-electron chi connectivity index (χ4n) is 2.72. The van der Waals surface area contributed by atoms with Gasteiger partial charge in [-0.25, -0.2) is 9.97 Å². The van der Waals surface area contributed by atoms with Crippen LogP contribution in [0.5, 0.6) is 0 Å². The van der Waals surface area contributed by atoms with Gasteiger partial charge in [-0.1, -0.05) is 11.3 Å². The minimum atomic E-state index is -0.121. The summed E-state index contributed by atoms with van der Waals surface area (Å²) in [6.07, 6.45) is 8.37. The van der Waals surface area contributed by atoms with Gasteiger partial charge in [0.2, 0.25) is 0 Å². The number of nitrogens with zero attached hydrogens (tertiary/aromatic N) is 3. The van der Waals surface area contributed by atoms with Gasteiger partial charge in [-0.05, 0) is 44.7 Å². The summed E-state index contributed by atoms with van der Waals surface area (Å²) in [6, 6.07) is 3.88. The Bertz CT molecular complexity index is 824. The summed E-state index contributed by atoms with van der Waals surface area (Å²) in [4.78, 5) is 23.6. The van der Waals surface area contributed by atoms with Gasteiger partial charge in [-0.3, -0.25) is 10.1 Å². The quantitative estimate of drug-likeness (QED) is 0.785. The second kappa shape index (κ2) is 5.90. The van der Waals surface area contributed by atoms with Crippen LogP contribution in [-0.2, 0) is 12.8 Å². The zero-order valence-electron chi connectivity index (χ0n) is 12.7. The predicted molar refractivity (Wildman–Crippen MR) is 92.9 cm³/mol. The number of carbonyl (C=O) groups is 1. The van der Waals surface area contributed by atoms with E-state index in [1.165, 1.54) is 29.1 Å². The maximum Gasteiger partial charge on any atom is 0.269 e. The Morgan fingerprint density at radius 1 is 1.17 bits per heavy atom. The van der Waals surface area contributed by atoms with Crippen molar-refractivity contribution in [3.05, 3.63) is 45.7 Å². The molecule has 3 heterocycles. The molecule has 23 heavy (non-hydrogen) atoms. The number of amides is 1. The van der Waals surface area contributed by atoms with Gasteiger partial charge in [-0.15, -0.1) is 11.3 Å². The van der Waals surface area contributed by atoms with E-state index < -0.39 is 0 Å². The first-order valence-electron chi connectivity index (χ1n) is 7.61. The van der Waals surface area contributed by atoms with Gasteiger partial charge in [0.15, 0.2) is 10.3 Å². The molecule has 3 aromatic heterocycles. The summed E-state index contributed by atoms with van der Waals surface area (Å²) < 4.78 is 1.91. The number of nitrogens with one attached hydrogen (secondary N) is 1. The molecule has 3 aromatic rings. The Morgan fingerprint density at radius 3 is 2.74 bits per heavy atom. The molecule has 1 aliphatic carbocycles. The highest BCUT2D eigenvalue weighted by Crippen LogP contribution is 2.30. The molecule has 0 unspecified atom stereocenters.